The molecule has 5 heteroatoms. The number of nitrogens with zero attached hydrogens (tertiary/aromatic N) is 2. The molecule has 0 bridgehead atoms. The zero-order chi connectivity index (χ0) is 15.0. The van der Waals surface area contributed by atoms with Gasteiger partial charge in [0.05, 0.1) is 17.3 Å². The van der Waals surface area contributed by atoms with Gasteiger partial charge in [-0.1, -0.05) is 28.1 Å². The Hall–Kier alpha value is -2.01. The number of benzene rings is 2. The van der Waals surface area contributed by atoms with Gasteiger partial charge in [0.25, 0.3) is 0 Å². The van der Waals surface area contributed by atoms with Gasteiger partial charge in [0.2, 0.25) is 5.95 Å². The number of hydrogen-bond acceptors (Lipinski definition) is 3. The summed E-state index contributed by atoms with van der Waals surface area (Å²) in [4.78, 5) is 4.47. The Morgan fingerprint density at radius 1 is 1.19 bits per heavy atom. The van der Waals surface area contributed by atoms with Crippen molar-refractivity contribution >= 4 is 32.9 Å². The van der Waals surface area contributed by atoms with Crippen LogP contribution in [0.5, 0.6) is 5.75 Å². The first-order chi connectivity index (χ1) is 10.1. The lowest BCUT2D eigenvalue weighted by molar-refractivity contribution is 0.245. The lowest BCUT2D eigenvalue weighted by Crippen LogP contribution is -2.05. The Kier molecular flexibility index (Phi) is 3.59. The summed E-state index contributed by atoms with van der Waals surface area (Å²) in [6.07, 6.45) is 0.0906. The van der Waals surface area contributed by atoms with Crippen molar-refractivity contribution in [2.24, 2.45) is 0 Å². The quantitative estimate of drug-likeness (QED) is 0.775. The lowest BCUT2D eigenvalue weighted by atomic mass is 10.2. The lowest BCUT2D eigenvalue weighted by Gasteiger charge is -2.10. The second kappa shape index (κ2) is 5.41. The number of anilines is 1. The average molecular weight is 346 g/mol. The van der Waals surface area contributed by atoms with Gasteiger partial charge >= 0.3 is 0 Å². The average Bonchev–Trinajstić information content (AvgIpc) is 2.75. The molecule has 0 unspecified atom stereocenters. The molecule has 0 saturated carbocycles. The van der Waals surface area contributed by atoms with E-state index in [1.807, 2.05) is 60.9 Å². The van der Waals surface area contributed by atoms with Gasteiger partial charge in [0, 0.05) is 4.47 Å². The van der Waals surface area contributed by atoms with Crippen LogP contribution in [0, 0.1) is 0 Å². The van der Waals surface area contributed by atoms with E-state index in [1.54, 1.807) is 0 Å². The summed E-state index contributed by atoms with van der Waals surface area (Å²) in [6, 6.07) is 13.8. The number of hydrogen-bond donors (Lipinski definition) is 1. The first-order valence-corrected chi connectivity index (χ1v) is 7.55. The van der Waals surface area contributed by atoms with Crippen molar-refractivity contribution < 1.29 is 4.74 Å². The third-order valence-electron chi connectivity index (χ3n) is 3.10. The van der Waals surface area contributed by atoms with Crippen molar-refractivity contribution in [2.75, 3.05) is 5.73 Å². The van der Waals surface area contributed by atoms with Crippen LogP contribution >= 0.6 is 15.9 Å². The van der Waals surface area contributed by atoms with Crippen LogP contribution in [0.15, 0.2) is 46.9 Å². The van der Waals surface area contributed by atoms with E-state index in [2.05, 4.69) is 20.9 Å². The normalized spacial score (nSPS) is 11.2. The number of rotatable bonds is 3. The smallest absolute Gasteiger partial charge is 0.206 e. The molecule has 3 rings (SSSR count). The van der Waals surface area contributed by atoms with Gasteiger partial charge in [0.1, 0.15) is 11.3 Å². The third-order valence-corrected chi connectivity index (χ3v) is 3.60. The molecule has 3 aromatic rings. The maximum absolute atomic E-state index is 6.12. The second-order valence-electron chi connectivity index (χ2n) is 5.08. The summed E-state index contributed by atoms with van der Waals surface area (Å²) in [5.41, 5.74) is 8.80. The molecule has 1 heterocycles. The maximum atomic E-state index is 6.12. The highest BCUT2D eigenvalue weighted by Crippen LogP contribution is 2.30. The number of aromatic nitrogens is 2. The van der Waals surface area contributed by atoms with Crippen molar-refractivity contribution in [3.05, 3.63) is 46.9 Å². The molecule has 1 aromatic heterocycles. The minimum absolute atomic E-state index is 0.0906. The number of ether oxygens (including phenoxy) is 1. The van der Waals surface area contributed by atoms with E-state index < -0.39 is 0 Å². The summed E-state index contributed by atoms with van der Waals surface area (Å²) in [7, 11) is 0. The van der Waals surface area contributed by atoms with Crippen molar-refractivity contribution in [3.8, 4) is 11.4 Å². The van der Waals surface area contributed by atoms with Crippen LogP contribution < -0.4 is 10.5 Å². The molecule has 0 aliphatic carbocycles. The number of halogens is 1. The first-order valence-electron chi connectivity index (χ1n) is 6.76. The largest absolute Gasteiger partial charge is 0.489 e. The van der Waals surface area contributed by atoms with E-state index in [9.17, 15) is 0 Å². The summed E-state index contributed by atoms with van der Waals surface area (Å²) in [6.45, 7) is 3.99. The number of nitrogen functional groups attached to an aromatic ring is 1. The highest BCUT2D eigenvalue weighted by Gasteiger charge is 2.14. The van der Waals surface area contributed by atoms with Gasteiger partial charge in [-0.3, -0.25) is 4.57 Å². The van der Waals surface area contributed by atoms with Gasteiger partial charge < -0.3 is 10.5 Å². The van der Waals surface area contributed by atoms with E-state index in [1.165, 1.54) is 0 Å². The Bertz CT molecular complexity index is 795. The third kappa shape index (κ3) is 2.61. The fourth-order valence-corrected chi connectivity index (χ4v) is 2.71. The van der Waals surface area contributed by atoms with Crippen molar-refractivity contribution in [1.82, 2.24) is 9.55 Å². The molecule has 0 spiro atoms. The van der Waals surface area contributed by atoms with Gasteiger partial charge in [-0.25, -0.2) is 4.98 Å². The van der Waals surface area contributed by atoms with Gasteiger partial charge in [0.15, 0.2) is 0 Å². The standard InChI is InChI=1S/C16H16BrN3O/c1-10(2)21-14-8-4-7-13-15(14)19-16(18)20(13)12-6-3-5-11(17)9-12/h3-10H,1-2H3,(H2,18,19). The molecule has 0 saturated heterocycles. The maximum Gasteiger partial charge on any atom is 0.206 e. The highest BCUT2D eigenvalue weighted by molar-refractivity contribution is 9.10. The fourth-order valence-electron chi connectivity index (χ4n) is 2.33. The monoisotopic (exact) mass is 345 g/mol. The first kappa shape index (κ1) is 13.9. The van der Waals surface area contributed by atoms with Crippen LogP contribution in [-0.2, 0) is 0 Å². The molecule has 0 amide bonds. The molecule has 0 radical (unpaired) electrons. The molecule has 0 aliphatic rings. The second-order valence-corrected chi connectivity index (χ2v) is 5.99. The van der Waals surface area contributed by atoms with Crippen LogP contribution in [0.1, 0.15) is 13.8 Å². The molecule has 0 aliphatic heterocycles. The van der Waals surface area contributed by atoms with Gasteiger partial charge in [-0.2, -0.15) is 0 Å². The van der Waals surface area contributed by atoms with Crippen molar-refractivity contribution in [1.29, 1.82) is 0 Å². The van der Waals surface area contributed by atoms with Crippen molar-refractivity contribution in [2.45, 2.75) is 20.0 Å². The summed E-state index contributed by atoms with van der Waals surface area (Å²) in [5.74, 6) is 1.20. The molecule has 108 valence electrons. The Morgan fingerprint density at radius 3 is 2.67 bits per heavy atom. The van der Waals surface area contributed by atoms with E-state index in [0.717, 1.165) is 26.9 Å². The Balaban J connectivity index is 2.23. The molecule has 0 atom stereocenters. The SMILES string of the molecule is CC(C)Oc1cccc2c1nc(N)n2-c1cccc(Br)c1. The number of imidazole rings is 1. The van der Waals surface area contributed by atoms with Crippen LogP contribution in [0.3, 0.4) is 0 Å². The minimum atomic E-state index is 0.0906. The Morgan fingerprint density at radius 2 is 1.95 bits per heavy atom. The van der Waals surface area contributed by atoms with Gasteiger partial charge in [-0.05, 0) is 44.2 Å². The molecular weight excluding hydrogens is 330 g/mol. The number of nitrogens with two attached hydrogens (primary N) is 1. The topological polar surface area (TPSA) is 53.1 Å². The predicted molar refractivity (Wildman–Crippen MR) is 88.9 cm³/mol. The Labute approximate surface area is 131 Å². The molecule has 2 aromatic carbocycles. The molecular formula is C16H16BrN3O. The van der Waals surface area contributed by atoms with Crippen LogP contribution in [0.25, 0.3) is 16.7 Å². The number of fused-ring (bicyclic) bond motifs is 1. The molecule has 21 heavy (non-hydrogen) atoms. The number of para-hydroxylation sites is 1. The minimum Gasteiger partial charge on any atom is -0.489 e. The van der Waals surface area contributed by atoms with Crippen LogP contribution in [0.4, 0.5) is 5.95 Å². The summed E-state index contributed by atoms with van der Waals surface area (Å²) < 4.78 is 8.73. The van der Waals surface area contributed by atoms with E-state index >= 15 is 0 Å². The van der Waals surface area contributed by atoms with E-state index in [-0.39, 0.29) is 6.10 Å². The zero-order valence-electron chi connectivity index (χ0n) is 11.9. The van der Waals surface area contributed by atoms with Gasteiger partial charge in [-0.15, -0.1) is 0 Å². The van der Waals surface area contributed by atoms with Crippen molar-refractivity contribution in [3.63, 3.8) is 0 Å². The predicted octanol–water partition coefficient (Wildman–Crippen LogP) is 4.16. The van der Waals surface area contributed by atoms with E-state index in [0.29, 0.717) is 5.95 Å². The fraction of sp³-hybridized carbons (Fsp3) is 0.188. The molecule has 0 fully saturated rings. The zero-order valence-corrected chi connectivity index (χ0v) is 13.5. The summed E-state index contributed by atoms with van der Waals surface area (Å²) >= 11 is 3.48. The van der Waals surface area contributed by atoms with E-state index in [4.69, 9.17) is 10.5 Å². The molecule has 2 N–H and O–H groups in total. The molecule has 4 nitrogen and oxygen atoms in total. The van der Waals surface area contributed by atoms with Crippen LogP contribution in [0.2, 0.25) is 0 Å². The summed E-state index contributed by atoms with van der Waals surface area (Å²) in [5, 5.41) is 0. The van der Waals surface area contributed by atoms with Crippen LogP contribution in [-0.4, -0.2) is 15.7 Å². The highest BCUT2D eigenvalue weighted by atomic mass is 79.9.